The largest absolute Gasteiger partial charge is 0.484 e. The van der Waals surface area contributed by atoms with Gasteiger partial charge in [-0.2, -0.15) is 0 Å². The number of nitrogens with two attached hydrogens (primary N) is 1. The standard InChI is InChI=1S/C23H20N2O5S/c1-14-3-2-4-18(11-14)31-20-10-7-16(12-19(20)24)25-21(26)13-30-17-8-5-15(6-9-17)22(27)23(28)29/h2-12H,13,24H2,1H3,(H,25,26)(H,28,29). The fourth-order valence-electron chi connectivity index (χ4n) is 2.70. The van der Waals surface area contributed by atoms with Gasteiger partial charge in [-0.3, -0.25) is 9.59 Å². The lowest BCUT2D eigenvalue weighted by Gasteiger charge is -2.11. The molecule has 0 radical (unpaired) electrons. The highest BCUT2D eigenvalue weighted by Gasteiger charge is 2.14. The molecule has 8 heteroatoms. The first-order valence-corrected chi connectivity index (χ1v) is 10.1. The zero-order chi connectivity index (χ0) is 22.4. The van der Waals surface area contributed by atoms with E-state index in [-0.39, 0.29) is 18.1 Å². The third-order valence-corrected chi connectivity index (χ3v) is 5.27. The van der Waals surface area contributed by atoms with E-state index in [2.05, 4.69) is 11.4 Å². The monoisotopic (exact) mass is 436 g/mol. The van der Waals surface area contributed by atoms with Crippen LogP contribution in [-0.4, -0.2) is 29.4 Å². The highest BCUT2D eigenvalue weighted by molar-refractivity contribution is 7.99. The Bertz CT molecular complexity index is 1130. The molecule has 3 aromatic rings. The predicted octanol–water partition coefficient (Wildman–Crippen LogP) is 4.01. The van der Waals surface area contributed by atoms with Crippen LogP contribution in [0.25, 0.3) is 0 Å². The van der Waals surface area contributed by atoms with Gasteiger partial charge in [-0.05, 0) is 61.5 Å². The number of carboxylic acids is 1. The number of ether oxygens (including phenoxy) is 1. The van der Waals surface area contributed by atoms with E-state index in [0.29, 0.717) is 17.1 Å². The first-order chi connectivity index (χ1) is 14.8. The summed E-state index contributed by atoms with van der Waals surface area (Å²) < 4.78 is 5.37. The van der Waals surface area contributed by atoms with Crippen molar-refractivity contribution < 1.29 is 24.2 Å². The Labute approximate surface area is 183 Å². The van der Waals surface area contributed by atoms with Crippen LogP contribution in [-0.2, 0) is 9.59 Å². The Kier molecular flexibility index (Phi) is 6.94. The molecule has 158 valence electrons. The van der Waals surface area contributed by atoms with Gasteiger partial charge in [0.25, 0.3) is 11.7 Å². The lowest BCUT2D eigenvalue weighted by molar-refractivity contribution is -0.131. The number of carboxylic acid groups (broad SMARTS) is 1. The van der Waals surface area contributed by atoms with Crippen LogP contribution in [0, 0.1) is 6.92 Å². The number of hydrogen-bond acceptors (Lipinski definition) is 6. The lowest BCUT2D eigenvalue weighted by Crippen LogP contribution is -2.20. The van der Waals surface area contributed by atoms with Crippen molar-refractivity contribution in [1.29, 1.82) is 0 Å². The van der Waals surface area contributed by atoms with E-state index >= 15 is 0 Å². The molecule has 0 aliphatic rings. The Balaban J connectivity index is 1.55. The van der Waals surface area contributed by atoms with E-state index in [0.717, 1.165) is 15.4 Å². The molecular formula is C23H20N2O5S. The second kappa shape index (κ2) is 9.82. The summed E-state index contributed by atoms with van der Waals surface area (Å²) in [6, 6.07) is 18.9. The highest BCUT2D eigenvalue weighted by atomic mass is 32.2. The van der Waals surface area contributed by atoms with Crippen molar-refractivity contribution in [3.05, 3.63) is 77.9 Å². The number of anilines is 2. The fourth-order valence-corrected chi connectivity index (χ4v) is 3.66. The number of carbonyl (C=O) groups is 3. The summed E-state index contributed by atoms with van der Waals surface area (Å²) in [6.07, 6.45) is 0. The number of ketones is 1. The Morgan fingerprint density at radius 2 is 1.77 bits per heavy atom. The van der Waals surface area contributed by atoms with Crippen molar-refractivity contribution in [2.24, 2.45) is 0 Å². The molecule has 0 aliphatic carbocycles. The summed E-state index contributed by atoms with van der Waals surface area (Å²) in [4.78, 5) is 36.2. The first kappa shape index (κ1) is 21.9. The van der Waals surface area contributed by atoms with Crippen molar-refractivity contribution in [1.82, 2.24) is 0 Å². The second-order valence-electron chi connectivity index (χ2n) is 6.67. The quantitative estimate of drug-likeness (QED) is 0.277. The molecule has 4 N–H and O–H groups in total. The van der Waals surface area contributed by atoms with Gasteiger partial charge in [0.1, 0.15) is 5.75 Å². The van der Waals surface area contributed by atoms with Crippen LogP contribution in [0.4, 0.5) is 11.4 Å². The maximum atomic E-state index is 12.2. The second-order valence-corrected chi connectivity index (χ2v) is 7.78. The van der Waals surface area contributed by atoms with E-state index in [4.69, 9.17) is 15.6 Å². The summed E-state index contributed by atoms with van der Waals surface area (Å²) in [6.45, 7) is 1.77. The predicted molar refractivity (Wildman–Crippen MR) is 119 cm³/mol. The molecular weight excluding hydrogens is 416 g/mol. The van der Waals surface area contributed by atoms with Crippen LogP contribution >= 0.6 is 11.8 Å². The summed E-state index contributed by atoms with van der Waals surface area (Å²) in [5.41, 5.74) is 8.42. The Morgan fingerprint density at radius 3 is 2.42 bits per heavy atom. The van der Waals surface area contributed by atoms with Crippen molar-refractivity contribution >= 4 is 40.8 Å². The minimum Gasteiger partial charge on any atom is -0.484 e. The molecule has 0 saturated heterocycles. The number of nitrogen functional groups attached to an aromatic ring is 1. The van der Waals surface area contributed by atoms with Gasteiger partial charge < -0.3 is 20.9 Å². The molecule has 0 atom stereocenters. The summed E-state index contributed by atoms with van der Waals surface area (Å²) in [5, 5.41) is 11.4. The van der Waals surface area contributed by atoms with Crippen LogP contribution in [0.2, 0.25) is 0 Å². The van der Waals surface area contributed by atoms with Crippen LogP contribution < -0.4 is 15.8 Å². The third-order valence-electron chi connectivity index (χ3n) is 4.19. The molecule has 7 nitrogen and oxygen atoms in total. The highest BCUT2D eigenvalue weighted by Crippen LogP contribution is 2.33. The number of Topliss-reactive ketones (excluding diaryl/α,β-unsaturated/α-hetero) is 1. The van der Waals surface area contributed by atoms with Gasteiger partial charge in [-0.25, -0.2) is 4.79 Å². The number of hydrogen-bond donors (Lipinski definition) is 3. The smallest absolute Gasteiger partial charge is 0.377 e. The van der Waals surface area contributed by atoms with E-state index in [1.54, 1.807) is 23.9 Å². The van der Waals surface area contributed by atoms with Crippen molar-refractivity contribution in [3.63, 3.8) is 0 Å². The molecule has 3 rings (SSSR count). The molecule has 3 aromatic carbocycles. The lowest BCUT2D eigenvalue weighted by atomic mass is 10.1. The van der Waals surface area contributed by atoms with Gasteiger partial charge in [0.15, 0.2) is 6.61 Å². The SMILES string of the molecule is Cc1cccc(Sc2ccc(NC(=O)COc3ccc(C(=O)C(=O)O)cc3)cc2N)c1. The average Bonchev–Trinajstić information content (AvgIpc) is 2.74. The number of benzene rings is 3. The average molecular weight is 436 g/mol. The van der Waals surface area contributed by atoms with Crippen LogP contribution in [0.1, 0.15) is 15.9 Å². The number of amides is 1. The molecule has 0 unspecified atom stereocenters. The van der Waals surface area contributed by atoms with Crippen LogP contribution in [0.3, 0.4) is 0 Å². The fraction of sp³-hybridized carbons (Fsp3) is 0.0870. The number of nitrogens with one attached hydrogen (secondary N) is 1. The van der Waals surface area contributed by atoms with Gasteiger partial charge in [0, 0.05) is 26.7 Å². The first-order valence-electron chi connectivity index (χ1n) is 9.26. The van der Waals surface area contributed by atoms with Crippen LogP contribution in [0.5, 0.6) is 5.75 Å². The van der Waals surface area contributed by atoms with E-state index in [9.17, 15) is 14.4 Å². The normalized spacial score (nSPS) is 10.4. The topological polar surface area (TPSA) is 119 Å². The molecule has 0 spiro atoms. The number of carbonyl (C=O) groups excluding carboxylic acids is 2. The zero-order valence-electron chi connectivity index (χ0n) is 16.6. The molecule has 0 heterocycles. The Morgan fingerprint density at radius 1 is 1.03 bits per heavy atom. The zero-order valence-corrected chi connectivity index (χ0v) is 17.4. The maximum absolute atomic E-state index is 12.2. The maximum Gasteiger partial charge on any atom is 0.377 e. The number of rotatable bonds is 8. The number of aryl methyl sites for hydroxylation is 1. The molecule has 0 saturated carbocycles. The van der Waals surface area contributed by atoms with Crippen LogP contribution in [0.15, 0.2) is 76.5 Å². The summed E-state index contributed by atoms with van der Waals surface area (Å²) >= 11 is 1.55. The molecule has 0 fully saturated rings. The number of aliphatic carboxylic acids is 1. The van der Waals surface area contributed by atoms with Crippen molar-refractivity contribution in [3.8, 4) is 5.75 Å². The third kappa shape index (κ3) is 6.10. The minimum atomic E-state index is -1.53. The van der Waals surface area contributed by atoms with E-state index < -0.39 is 11.8 Å². The Hall–Kier alpha value is -3.78. The van der Waals surface area contributed by atoms with Gasteiger partial charge >= 0.3 is 5.97 Å². The van der Waals surface area contributed by atoms with E-state index in [1.165, 1.54) is 24.3 Å². The summed E-state index contributed by atoms with van der Waals surface area (Å²) in [5.74, 6) is -2.59. The molecule has 0 bridgehead atoms. The van der Waals surface area contributed by atoms with Crippen molar-refractivity contribution in [2.75, 3.05) is 17.7 Å². The van der Waals surface area contributed by atoms with Gasteiger partial charge in [-0.15, -0.1) is 0 Å². The minimum absolute atomic E-state index is 0.0309. The summed E-state index contributed by atoms with van der Waals surface area (Å²) in [7, 11) is 0. The van der Waals surface area contributed by atoms with Gasteiger partial charge in [0.05, 0.1) is 0 Å². The molecule has 0 aliphatic heterocycles. The molecule has 1 amide bonds. The van der Waals surface area contributed by atoms with Gasteiger partial charge in [-0.1, -0.05) is 29.5 Å². The molecule has 31 heavy (non-hydrogen) atoms. The van der Waals surface area contributed by atoms with E-state index in [1.807, 2.05) is 31.2 Å². The van der Waals surface area contributed by atoms with Crippen molar-refractivity contribution in [2.45, 2.75) is 16.7 Å². The van der Waals surface area contributed by atoms with Gasteiger partial charge in [0.2, 0.25) is 0 Å². The molecule has 0 aromatic heterocycles.